The van der Waals surface area contributed by atoms with Crippen molar-refractivity contribution in [3.8, 4) is 0 Å². The summed E-state index contributed by atoms with van der Waals surface area (Å²) in [4.78, 5) is 22.6. The molecule has 0 aliphatic carbocycles. The number of aromatic carboxylic acids is 1. The highest BCUT2D eigenvalue weighted by Gasteiger charge is 2.07. The van der Waals surface area contributed by atoms with Crippen LogP contribution in [0, 0.1) is 13.8 Å². The average molecular weight is 285 g/mol. The molecular formula is C16H15NO4. The highest BCUT2D eigenvalue weighted by atomic mass is 16.4. The van der Waals surface area contributed by atoms with E-state index in [0.717, 1.165) is 5.76 Å². The number of hydrogen-bond donors (Lipinski definition) is 2. The molecular weight excluding hydrogens is 270 g/mol. The molecule has 0 bridgehead atoms. The summed E-state index contributed by atoms with van der Waals surface area (Å²) in [6.07, 6.45) is 2.94. The maximum atomic E-state index is 11.8. The number of nitrogens with one attached hydrogen (secondary N) is 1. The summed E-state index contributed by atoms with van der Waals surface area (Å²) in [6.45, 7) is 3.56. The van der Waals surface area contributed by atoms with Crippen molar-refractivity contribution in [3.63, 3.8) is 0 Å². The number of anilines is 1. The van der Waals surface area contributed by atoms with Crippen molar-refractivity contribution in [1.29, 1.82) is 0 Å². The van der Waals surface area contributed by atoms with Gasteiger partial charge in [0, 0.05) is 11.8 Å². The monoisotopic (exact) mass is 285 g/mol. The lowest BCUT2D eigenvalue weighted by Crippen LogP contribution is -2.09. The van der Waals surface area contributed by atoms with E-state index in [9.17, 15) is 9.59 Å². The highest BCUT2D eigenvalue weighted by Crippen LogP contribution is 2.17. The Balaban J connectivity index is 2.06. The fourth-order valence-electron chi connectivity index (χ4n) is 1.81. The Morgan fingerprint density at radius 1 is 1.19 bits per heavy atom. The molecule has 2 aromatic rings. The van der Waals surface area contributed by atoms with E-state index in [4.69, 9.17) is 9.52 Å². The normalized spacial score (nSPS) is 10.8. The van der Waals surface area contributed by atoms with Crippen LogP contribution in [0.25, 0.3) is 6.08 Å². The van der Waals surface area contributed by atoms with Gasteiger partial charge in [-0.15, -0.1) is 0 Å². The lowest BCUT2D eigenvalue weighted by Gasteiger charge is -2.07. The van der Waals surface area contributed by atoms with Gasteiger partial charge >= 0.3 is 5.97 Å². The fraction of sp³-hybridized carbons (Fsp3) is 0.125. The van der Waals surface area contributed by atoms with E-state index < -0.39 is 5.97 Å². The third kappa shape index (κ3) is 3.82. The summed E-state index contributed by atoms with van der Waals surface area (Å²) < 4.78 is 5.32. The Labute approximate surface area is 121 Å². The molecule has 21 heavy (non-hydrogen) atoms. The van der Waals surface area contributed by atoms with Crippen LogP contribution in [-0.2, 0) is 4.79 Å². The van der Waals surface area contributed by atoms with E-state index in [-0.39, 0.29) is 11.5 Å². The summed E-state index contributed by atoms with van der Waals surface area (Å²) in [5.41, 5.74) is 1.45. The number of amides is 1. The van der Waals surface area contributed by atoms with E-state index in [1.165, 1.54) is 18.2 Å². The number of carboxylic acid groups (broad SMARTS) is 1. The Morgan fingerprint density at radius 2 is 1.95 bits per heavy atom. The van der Waals surface area contributed by atoms with E-state index in [2.05, 4.69) is 5.32 Å². The third-order valence-electron chi connectivity index (χ3n) is 2.89. The topological polar surface area (TPSA) is 79.5 Å². The molecule has 5 heteroatoms. The maximum Gasteiger partial charge on any atom is 0.335 e. The Morgan fingerprint density at radius 3 is 2.52 bits per heavy atom. The first-order valence-electron chi connectivity index (χ1n) is 6.35. The molecule has 0 fully saturated rings. The molecule has 1 heterocycles. The molecule has 0 unspecified atom stereocenters. The molecule has 0 spiro atoms. The first-order valence-corrected chi connectivity index (χ1v) is 6.35. The Bertz CT molecular complexity index is 713. The molecule has 0 saturated carbocycles. The van der Waals surface area contributed by atoms with Crippen LogP contribution in [0.3, 0.4) is 0 Å². The molecule has 0 aliphatic heterocycles. The zero-order valence-corrected chi connectivity index (χ0v) is 11.7. The molecule has 5 nitrogen and oxygen atoms in total. The van der Waals surface area contributed by atoms with Gasteiger partial charge in [-0.25, -0.2) is 4.79 Å². The van der Waals surface area contributed by atoms with Crippen LogP contribution >= 0.6 is 0 Å². The zero-order valence-electron chi connectivity index (χ0n) is 11.7. The Kier molecular flexibility index (Phi) is 4.23. The van der Waals surface area contributed by atoms with Gasteiger partial charge in [-0.05, 0) is 55.8 Å². The van der Waals surface area contributed by atoms with Gasteiger partial charge in [0.25, 0.3) is 0 Å². The molecule has 0 aliphatic rings. The van der Waals surface area contributed by atoms with Crippen molar-refractivity contribution in [2.75, 3.05) is 5.32 Å². The maximum absolute atomic E-state index is 11.8. The Hall–Kier alpha value is -2.82. The SMILES string of the molecule is Cc1ccc(/C=C/C(=O)Nc2ccc(C(=O)O)cc2C)o1. The van der Waals surface area contributed by atoms with Crippen LogP contribution in [0.4, 0.5) is 5.69 Å². The predicted molar refractivity (Wildman–Crippen MR) is 79.2 cm³/mol. The van der Waals surface area contributed by atoms with E-state index >= 15 is 0 Å². The minimum atomic E-state index is -0.996. The summed E-state index contributed by atoms with van der Waals surface area (Å²) >= 11 is 0. The predicted octanol–water partition coefficient (Wildman–Crippen LogP) is 3.25. The largest absolute Gasteiger partial charge is 0.478 e. The molecule has 1 aromatic heterocycles. The van der Waals surface area contributed by atoms with Gasteiger partial charge in [-0.3, -0.25) is 4.79 Å². The van der Waals surface area contributed by atoms with Crippen molar-refractivity contribution in [3.05, 3.63) is 59.1 Å². The standard InChI is InChI=1S/C16H15NO4/c1-10-9-12(16(19)20)4-7-14(10)17-15(18)8-6-13-5-3-11(2)21-13/h3-9H,1-2H3,(H,17,18)(H,19,20)/b8-6+. The quantitative estimate of drug-likeness (QED) is 0.845. The second kappa shape index (κ2) is 6.09. The van der Waals surface area contributed by atoms with Gasteiger partial charge in [0.1, 0.15) is 11.5 Å². The summed E-state index contributed by atoms with van der Waals surface area (Å²) in [5, 5.41) is 11.6. The van der Waals surface area contributed by atoms with Gasteiger partial charge < -0.3 is 14.8 Å². The average Bonchev–Trinajstić information content (AvgIpc) is 2.84. The zero-order chi connectivity index (χ0) is 15.4. The highest BCUT2D eigenvalue weighted by molar-refractivity contribution is 6.02. The van der Waals surface area contributed by atoms with E-state index in [1.807, 2.05) is 13.0 Å². The molecule has 0 saturated heterocycles. The molecule has 0 atom stereocenters. The number of furan rings is 1. The smallest absolute Gasteiger partial charge is 0.335 e. The fourth-order valence-corrected chi connectivity index (χ4v) is 1.81. The van der Waals surface area contributed by atoms with Crippen LogP contribution in [-0.4, -0.2) is 17.0 Å². The van der Waals surface area contributed by atoms with E-state index in [1.54, 1.807) is 25.1 Å². The molecule has 1 aromatic carbocycles. The number of carbonyl (C=O) groups is 2. The van der Waals surface area contributed by atoms with Gasteiger partial charge in [0.15, 0.2) is 0 Å². The summed E-state index contributed by atoms with van der Waals surface area (Å²) in [6, 6.07) is 8.11. The molecule has 2 N–H and O–H groups in total. The van der Waals surface area contributed by atoms with E-state index in [0.29, 0.717) is 17.0 Å². The van der Waals surface area contributed by atoms with Crippen molar-refractivity contribution >= 4 is 23.6 Å². The van der Waals surface area contributed by atoms with Crippen molar-refractivity contribution in [2.24, 2.45) is 0 Å². The van der Waals surface area contributed by atoms with Crippen molar-refractivity contribution in [2.45, 2.75) is 13.8 Å². The van der Waals surface area contributed by atoms with Gasteiger partial charge in [-0.2, -0.15) is 0 Å². The summed E-state index contributed by atoms with van der Waals surface area (Å²) in [5.74, 6) is 0.0649. The molecule has 2 rings (SSSR count). The van der Waals surface area contributed by atoms with Crippen molar-refractivity contribution in [1.82, 2.24) is 0 Å². The van der Waals surface area contributed by atoms with Crippen LogP contribution in [0.2, 0.25) is 0 Å². The number of benzene rings is 1. The summed E-state index contributed by atoms with van der Waals surface area (Å²) in [7, 11) is 0. The molecule has 108 valence electrons. The van der Waals surface area contributed by atoms with Gasteiger partial charge in [0.2, 0.25) is 5.91 Å². The van der Waals surface area contributed by atoms with Crippen molar-refractivity contribution < 1.29 is 19.1 Å². The molecule has 0 radical (unpaired) electrons. The van der Waals surface area contributed by atoms with Crippen LogP contribution in [0.15, 0.2) is 40.8 Å². The van der Waals surface area contributed by atoms with Gasteiger partial charge in [-0.1, -0.05) is 0 Å². The lowest BCUT2D eigenvalue weighted by atomic mass is 10.1. The van der Waals surface area contributed by atoms with Gasteiger partial charge in [0.05, 0.1) is 5.56 Å². The second-order valence-electron chi connectivity index (χ2n) is 4.61. The van der Waals surface area contributed by atoms with Crippen LogP contribution < -0.4 is 5.32 Å². The lowest BCUT2D eigenvalue weighted by molar-refractivity contribution is -0.111. The third-order valence-corrected chi connectivity index (χ3v) is 2.89. The number of hydrogen-bond acceptors (Lipinski definition) is 3. The minimum absolute atomic E-state index is 0.187. The second-order valence-corrected chi connectivity index (χ2v) is 4.61. The number of carboxylic acids is 1. The number of rotatable bonds is 4. The first-order chi connectivity index (χ1) is 9.95. The van der Waals surface area contributed by atoms with Crippen LogP contribution in [0.5, 0.6) is 0 Å². The minimum Gasteiger partial charge on any atom is -0.478 e. The number of carbonyl (C=O) groups excluding carboxylic acids is 1. The first kappa shape index (κ1) is 14.6. The molecule has 1 amide bonds. The number of aryl methyl sites for hydroxylation is 2. The van der Waals surface area contributed by atoms with Crippen LogP contribution in [0.1, 0.15) is 27.4 Å².